The lowest BCUT2D eigenvalue weighted by Crippen LogP contribution is -2.13. The van der Waals surface area contributed by atoms with E-state index < -0.39 is 0 Å². The topological polar surface area (TPSA) is 46.5 Å². The van der Waals surface area contributed by atoms with E-state index in [1.807, 2.05) is 13.8 Å². The second-order valence-corrected chi connectivity index (χ2v) is 4.35. The number of aliphatic hydroxyl groups excluding tert-OH is 1. The third kappa shape index (κ3) is 7.14. The minimum absolute atomic E-state index is 0.221. The van der Waals surface area contributed by atoms with Crippen LogP contribution in [-0.2, 0) is 9.53 Å². The Bertz CT molecular complexity index is 211. The fourth-order valence-electron chi connectivity index (χ4n) is 1.08. The van der Waals surface area contributed by atoms with Gasteiger partial charge in [0.25, 0.3) is 0 Å². The highest BCUT2D eigenvalue weighted by Crippen LogP contribution is 2.12. The van der Waals surface area contributed by atoms with Gasteiger partial charge in [-0.05, 0) is 31.6 Å². The Hall–Kier alpha value is -0.830. The summed E-state index contributed by atoms with van der Waals surface area (Å²) in [6.45, 7) is 9.85. The van der Waals surface area contributed by atoms with Crippen LogP contribution in [0.25, 0.3) is 0 Å². The van der Waals surface area contributed by atoms with Gasteiger partial charge in [0.05, 0.1) is 6.61 Å². The van der Waals surface area contributed by atoms with Crippen molar-refractivity contribution in [3.05, 3.63) is 12.2 Å². The molecule has 0 fully saturated rings. The van der Waals surface area contributed by atoms with E-state index in [1.165, 1.54) is 0 Å². The van der Waals surface area contributed by atoms with Crippen molar-refractivity contribution in [2.45, 2.75) is 33.6 Å². The van der Waals surface area contributed by atoms with Crippen molar-refractivity contribution in [1.29, 1.82) is 0 Å². The normalized spacial score (nSPS) is 14.4. The smallest absolute Gasteiger partial charge is 0.333 e. The number of hydrogen-bond acceptors (Lipinski definition) is 3. The summed E-state index contributed by atoms with van der Waals surface area (Å²) in [6, 6.07) is 0. The molecule has 2 atom stereocenters. The zero-order chi connectivity index (χ0) is 11.8. The summed E-state index contributed by atoms with van der Waals surface area (Å²) in [5.41, 5.74) is 0.436. The van der Waals surface area contributed by atoms with E-state index in [2.05, 4.69) is 6.58 Å². The Kier molecular flexibility index (Phi) is 7.05. The van der Waals surface area contributed by atoms with Gasteiger partial charge in [-0.2, -0.15) is 0 Å². The highest BCUT2D eigenvalue weighted by molar-refractivity contribution is 5.86. The Balaban J connectivity index is 3.61. The zero-order valence-electron chi connectivity index (χ0n) is 9.95. The minimum Gasteiger partial charge on any atom is -0.462 e. The molecule has 0 aromatic heterocycles. The van der Waals surface area contributed by atoms with Gasteiger partial charge in [0.15, 0.2) is 0 Å². The molecule has 0 bridgehead atoms. The van der Waals surface area contributed by atoms with Crippen LogP contribution in [0.1, 0.15) is 33.6 Å². The Morgan fingerprint density at radius 2 is 1.87 bits per heavy atom. The van der Waals surface area contributed by atoms with Gasteiger partial charge < -0.3 is 9.84 Å². The summed E-state index contributed by atoms with van der Waals surface area (Å²) in [7, 11) is 0. The summed E-state index contributed by atoms with van der Waals surface area (Å²) in [6.07, 6.45) is 1.92. The van der Waals surface area contributed by atoms with E-state index >= 15 is 0 Å². The molecule has 1 N–H and O–H groups in total. The summed E-state index contributed by atoms with van der Waals surface area (Å²) in [5.74, 6) is 0.337. The zero-order valence-corrected chi connectivity index (χ0v) is 9.95. The molecule has 0 heterocycles. The van der Waals surface area contributed by atoms with E-state index in [0.717, 1.165) is 12.8 Å². The lowest BCUT2D eigenvalue weighted by atomic mass is 9.99. The molecule has 0 aliphatic heterocycles. The highest BCUT2D eigenvalue weighted by Gasteiger charge is 2.09. The molecule has 0 radical (unpaired) electrons. The van der Waals surface area contributed by atoms with Crippen LogP contribution < -0.4 is 0 Å². The second-order valence-electron chi connectivity index (χ2n) is 4.35. The number of rotatable bonds is 7. The average molecular weight is 214 g/mol. The van der Waals surface area contributed by atoms with Crippen molar-refractivity contribution in [1.82, 2.24) is 0 Å². The molecule has 0 saturated heterocycles. The number of aliphatic hydroxyl groups is 1. The summed E-state index contributed by atoms with van der Waals surface area (Å²) >= 11 is 0. The maximum absolute atomic E-state index is 11.1. The van der Waals surface area contributed by atoms with Crippen molar-refractivity contribution in [3.63, 3.8) is 0 Å². The molecule has 0 spiro atoms. The van der Waals surface area contributed by atoms with Crippen molar-refractivity contribution < 1.29 is 14.6 Å². The van der Waals surface area contributed by atoms with Crippen LogP contribution in [0.5, 0.6) is 0 Å². The third-order valence-corrected chi connectivity index (χ3v) is 2.31. The molecule has 2 unspecified atom stereocenters. The quantitative estimate of drug-likeness (QED) is 0.522. The summed E-state index contributed by atoms with van der Waals surface area (Å²) in [5, 5.41) is 8.84. The molecule has 3 heteroatoms. The summed E-state index contributed by atoms with van der Waals surface area (Å²) < 4.78 is 5.03. The van der Waals surface area contributed by atoms with Gasteiger partial charge in [0, 0.05) is 12.2 Å². The molecule has 0 aromatic rings. The highest BCUT2D eigenvalue weighted by atomic mass is 16.5. The van der Waals surface area contributed by atoms with E-state index in [4.69, 9.17) is 9.84 Å². The predicted molar refractivity (Wildman–Crippen MR) is 60.4 cm³/mol. The Labute approximate surface area is 92.1 Å². The molecule has 0 aromatic carbocycles. The maximum atomic E-state index is 11.1. The minimum atomic E-state index is -0.322. The van der Waals surface area contributed by atoms with Crippen LogP contribution in [-0.4, -0.2) is 24.3 Å². The molecule has 15 heavy (non-hydrogen) atoms. The monoisotopic (exact) mass is 214 g/mol. The first-order valence-electron chi connectivity index (χ1n) is 5.40. The predicted octanol–water partition coefficient (Wildman–Crippen LogP) is 2.15. The first-order valence-corrected chi connectivity index (χ1v) is 5.40. The van der Waals surface area contributed by atoms with E-state index in [-0.39, 0.29) is 12.6 Å². The van der Waals surface area contributed by atoms with Crippen LogP contribution in [0.3, 0.4) is 0 Å². The molecule has 88 valence electrons. The van der Waals surface area contributed by atoms with Gasteiger partial charge in [0.1, 0.15) is 0 Å². The largest absolute Gasteiger partial charge is 0.462 e. The van der Waals surface area contributed by atoms with E-state index in [9.17, 15) is 4.79 Å². The van der Waals surface area contributed by atoms with Crippen molar-refractivity contribution in [2.24, 2.45) is 11.8 Å². The first-order chi connectivity index (χ1) is 6.97. The number of hydrogen-bond donors (Lipinski definition) is 1. The molecule has 0 saturated carbocycles. The molecule has 0 aliphatic carbocycles. The van der Waals surface area contributed by atoms with Crippen LogP contribution >= 0.6 is 0 Å². The van der Waals surface area contributed by atoms with E-state index in [1.54, 1.807) is 6.92 Å². The Morgan fingerprint density at radius 3 is 2.33 bits per heavy atom. The standard InChI is InChI=1S/C12H22O3/c1-9(2)12(14)15-8-11(4)6-5-10(3)7-13/h10-11,13H,1,5-8H2,2-4H3. The number of carbonyl (C=O) groups is 1. The van der Waals surface area contributed by atoms with Crippen LogP contribution in [0.2, 0.25) is 0 Å². The van der Waals surface area contributed by atoms with E-state index in [0.29, 0.717) is 24.0 Å². The number of esters is 1. The summed E-state index contributed by atoms with van der Waals surface area (Å²) in [4.78, 5) is 11.1. The Morgan fingerprint density at radius 1 is 1.33 bits per heavy atom. The molecule has 3 nitrogen and oxygen atoms in total. The lowest BCUT2D eigenvalue weighted by molar-refractivity contribution is -0.140. The molecule has 0 aliphatic rings. The molecular weight excluding hydrogens is 192 g/mol. The van der Waals surface area contributed by atoms with Crippen molar-refractivity contribution in [2.75, 3.05) is 13.2 Å². The van der Waals surface area contributed by atoms with Gasteiger partial charge in [0.2, 0.25) is 0 Å². The van der Waals surface area contributed by atoms with Gasteiger partial charge in [-0.15, -0.1) is 0 Å². The SMILES string of the molecule is C=C(C)C(=O)OCC(C)CCC(C)CO. The molecule has 0 amide bonds. The lowest BCUT2D eigenvalue weighted by Gasteiger charge is -2.14. The maximum Gasteiger partial charge on any atom is 0.333 e. The van der Waals surface area contributed by atoms with Crippen LogP contribution in [0.15, 0.2) is 12.2 Å². The third-order valence-electron chi connectivity index (χ3n) is 2.31. The van der Waals surface area contributed by atoms with Crippen molar-refractivity contribution in [3.8, 4) is 0 Å². The molecule has 0 rings (SSSR count). The van der Waals surface area contributed by atoms with Gasteiger partial charge in [-0.25, -0.2) is 4.79 Å². The van der Waals surface area contributed by atoms with Crippen LogP contribution in [0, 0.1) is 11.8 Å². The number of carbonyl (C=O) groups excluding carboxylic acids is 1. The number of ether oxygens (including phenoxy) is 1. The fourth-order valence-corrected chi connectivity index (χ4v) is 1.08. The first kappa shape index (κ1) is 14.2. The second kappa shape index (κ2) is 7.46. The van der Waals surface area contributed by atoms with Gasteiger partial charge in [-0.1, -0.05) is 20.4 Å². The van der Waals surface area contributed by atoms with Gasteiger partial charge in [-0.3, -0.25) is 0 Å². The van der Waals surface area contributed by atoms with Gasteiger partial charge >= 0.3 is 5.97 Å². The average Bonchev–Trinajstić information content (AvgIpc) is 2.21. The van der Waals surface area contributed by atoms with Crippen molar-refractivity contribution >= 4 is 5.97 Å². The fraction of sp³-hybridized carbons (Fsp3) is 0.750. The van der Waals surface area contributed by atoms with Crippen LogP contribution in [0.4, 0.5) is 0 Å². The molecular formula is C12H22O3.